The number of amides is 2. The SMILES string of the molecule is O=C1N(Cc2cn(CO[PH](=O)OCn3cc(CN4C(=O)C(F)(F)c5ccccc54)nn3)nn2)c2ccccc2C1(F)F. The van der Waals surface area contributed by atoms with E-state index >= 15 is 0 Å². The first-order valence-electron chi connectivity index (χ1n) is 12.2. The number of carbonyl (C=O) groups is 2. The summed E-state index contributed by atoms with van der Waals surface area (Å²) in [5, 5.41) is 15.2. The highest BCUT2D eigenvalue weighted by Crippen LogP contribution is 2.45. The van der Waals surface area contributed by atoms with Gasteiger partial charge in [-0.05, 0) is 12.1 Å². The van der Waals surface area contributed by atoms with Crippen LogP contribution < -0.4 is 9.80 Å². The number of aromatic nitrogens is 6. The van der Waals surface area contributed by atoms with Crippen molar-refractivity contribution >= 4 is 31.4 Å². The Morgan fingerprint density at radius 3 is 1.52 bits per heavy atom. The number of para-hydroxylation sites is 2. The zero-order valence-electron chi connectivity index (χ0n) is 21.2. The standard InChI is InChI=1S/C24H19F4N8O5P/c25-23(26)17-5-1-3-7-19(17)35(21(23)37)11-15-9-33(31-29-15)13-40-42(39)41-14-34-10-16(30-32-34)12-36-20-8-4-2-6-18(20)24(27,28)22(36)38/h1-10,42H,11-14H2. The zero-order chi connectivity index (χ0) is 29.6. The maximum absolute atomic E-state index is 14.3. The number of rotatable bonds is 10. The Kier molecular flexibility index (Phi) is 6.87. The molecule has 218 valence electrons. The Morgan fingerprint density at radius 1 is 0.690 bits per heavy atom. The minimum atomic E-state index is -3.65. The van der Waals surface area contributed by atoms with Crippen LogP contribution in [0.1, 0.15) is 22.5 Å². The van der Waals surface area contributed by atoms with Crippen LogP contribution >= 0.6 is 8.25 Å². The van der Waals surface area contributed by atoms with Crippen molar-refractivity contribution in [2.24, 2.45) is 0 Å². The van der Waals surface area contributed by atoms with Gasteiger partial charge in [-0.1, -0.05) is 46.8 Å². The lowest BCUT2D eigenvalue weighted by Gasteiger charge is -2.15. The van der Waals surface area contributed by atoms with Crippen molar-refractivity contribution in [3.8, 4) is 0 Å². The Labute approximate surface area is 234 Å². The van der Waals surface area contributed by atoms with Gasteiger partial charge in [-0.3, -0.25) is 23.2 Å². The number of hydrogen-bond donors (Lipinski definition) is 0. The van der Waals surface area contributed by atoms with E-state index < -0.39 is 43.0 Å². The smallest absolute Gasteiger partial charge is 0.300 e. The van der Waals surface area contributed by atoms with Crippen molar-refractivity contribution in [3.63, 3.8) is 0 Å². The maximum Gasteiger partial charge on any atom is 0.352 e. The summed E-state index contributed by atoms with van der Waals surface area (Å²) in [7, 11) is -3.09. The number of hydrogen-bond acceptors (Lipinski definition) is 9. The second-order valence-corrected chi connectivity index (χ2v) is 10.3. The van der Waals surface area contributed by atoms with Gasteiger partial charge in [0.2, 0.25) is 0 Å². The topological polar surface area (TPSA) is 138 Å². The van der Waals surface area contributed by atoms with E-state index in [1.165, 1.54) is 60.9 Å². The van der Waals surface area contributed by atoms with Crippen LogP contribution in [0.25, 0.3) is 0 Å². The molecule has 6 rings (SSSR count). The van der Waals surface area contributed by atoms with Crippen LogP contribution in [0.4, 0.5) is 28.9 Å². The highest BCUT2D eigenvalue weighted by molar-refractivity contribution is 7.33. The molecule has 0 atom stereocenters. The van der Waals surface area contributed by atoms with E-state index in [4.69, 9.17) is 9.05 Å². The maximum atomic E-state index is 14.3. The molecule has 0 N–H and O–H groups in total. The summed E-state index contributed by atoms with van der Waals surface area (Å²) in [6.07, 6.45) is 2.68. The molecule has 2 aliphatic rings. The molecule has 0 unspecified atom stereocenters. The molecule has 2 aliphatic heterocycles. The summed E-state index contributed by atoms with van der Waals surface area (Å²) >= 11 is 0. The summed E-state index contributed by atoms with van der Waals surface area (Å²) in [5.74, 6) is -10.1. The van der Waals surface area contributed by atoms with Gasteiger partial charge in [0.25, 0.3) is 0 Å². The van der Waals surface area contributed by atoms with E-state index in [0.717, 1.165) is 19.2 Å². The lowest BCUT2D eigenvalue weighted by Crippen LogP contribution is -2.34. The van der Waals surface area contributed by atoms with Gasteiger partial charge in [-0.15, -0.1) is 10.2 Å². The third-order valence-corrected chi connectivity index (χ3v) is 7.27. The highest BCUT2D eigenvalue weighted by Gasteiger charge is 2.53. The lowest BCUT2D eigenvalue weighted by atomic mass is 10.1. The van der Waals surface area contributed by atoms with E-state index in [9.17, 15) is 31.7 Å². The van der Waals surface area contributed by atoms with Gasteiger partial charge in [-0.25, -0.2) is 9.36 Å². The fourth-order valence-corrected chi connectivity index (χ4v) is 5.16. The molecule has 4 aromatic rings. The van der Waals surface area contributed by atoms with E-state index in [0.29, 0.717) is 0 Å². The third kappa shape index (κ3) is 4.84. The minimum absolute atomic E-state index is 0.0720. The van der Waals surface area contributed by atoms with Gasteiger partial charge in [-0.2, -0.15) is 17.6 Å². The number of anilines is 2. The van der Waals surface area contributed by atoms with Crippen molar-refractivity contribution in [3.05, 3.63) is 83.4 Å². The van der Waals surface area contributed by atoms with Crippen LogP contribution in [0.2, 0.25) is 0 Å². The highest BCUT2D eigenvalue weighted by atomic mass is 31.1. The van der Waals surface area contributed by atoms with Crippen LogP contribution in [0, 0.1) is 0 Å². The molecular formula is C24H19F4N8O5P. The molecule has 0 spiro atoms. The second kappa shape index (κ2) is 10.4. The Morgan fingerprint density at radius 2 is 1.10 bits per heavy atom. The predicted molar refractivity (Wildman–Crippen MR) is 134 cm³/mol. The molecule has 42 heavy (non-hydrogen) atoms. The zero-order valence-corrected chi connectivity index (χ0v) is 22.2. The normalized spacial score (nSPS) is 16.9. The van der Waals surface area contributed by atoms with Gasteiger partial charge in [0.1, 0.15) is 24.8 Å². The molecule has 0 saturated carbocycles. The summed E-state index contributed by atoms with van der Waals surface area (Å²) in [6.45, 7) is -1.26. The van der Waals surface area contributed by atoms with Gasteiger partial charge < -0.3 is 9.80 Å². The first kappa shape index (κ1) is 27.7. The number of alkyl halides is 4. The minimum Gasteiger partial charge on any atom is -0.300 e. The number of carbonyl (C=O) groups excluding carboxylic acids is 2. The summed E-state index contributed by atoms with van der Waals surface area (Å²) < 4.78 is 82.1. The first-order chi connectivity index (χ1) is 20.1. The van der Waals surface area contributed by atoms with Crippen LogP contribution in [-0.4, -0.2) is 41.8 Å². The molecule has 0 bridgehead atoms. The molecule has 0 saturated heterocycles. The van der Waals surface area contributed by atoms with Gasteiger partial charge in [0.05, 0.1) is 48.0 Å². The van der Waals surface area contributed by atoms with Crippen LogP contribution in [-0.2, 0) is 61.6 Å². The van der Waals surface area contributed by atoms with E-state index in [-0.39, 0.29) is 49.3 Å². The monoisotopic (exact) mass is 606 g/mol. The average molecular weight is 606 g/mol. The summed E-state index contributed by atoms with van der Waals surface area (Å²) in [4.78, 5) is 26.3. The molecule has 0 aliphatic carbocycles. The number of fused-ring (bicyclic) bond motifs is 2. The Bertz CT molecular complexity index is 1590. The van der Waals surface area contributed by atoms with Crippen LogP contribution in [0.15, 0.2) is 60.9 Å². The first-order valence-corrected chi connectivity index (χ1v) is 13.4. The largest absolute Gasteiger partial charge is 0.352 e. The van der Waals surface area contributed by atoms with Crippen molar-refractivity contribution in [1.82, 2.24) is 30.0 Å². The van der Waals surface area contributed by atoms with Crippen LogP contribution in [0.3, 0.4) is 0 Å². The van der Waals surface area contributed by atoms with Gasteiger partial charge in [0, 0.05) is 0 Å². The van der Waals surface area contributed by atoms with Gasteiger partial charge in [0.15, 0.2) is 0 Å². The molecule has 13 nitrogen and oxygen atoms in total. The second-order valence-electron chi connectivity index (χ2n) is 9.26. The molecule has 18 heteroatoms. The molecule has 0 fully saturated rings. The molecule has 2 aromatic heterocycles. The molecule has 2 aromatic carbocycles. The summed E-state index contributed by atoms with van der Waals surface area (Å²) in [6, 6.07) is 11.1. The van der Waals surface area contributed by atoms with Crippen molar-refractivity contribution in [2.75, 3.05) is 9.80 Å². The molecule has 4 heterocycles. The molecular weight excluding hydrogens is 587 g/mol. The van der Waals surface area contributed by atoms with Crippen molar-refractivity contribution < 1.29 is 40.8 Å². The molecule has 0 radical (unpaired) electrons. The van der Waals surface area contributed by atoms with Gasteiger partial charge >= 0.3 is 31.9 Å². The van der Waals surface area contributed by atoms with E-state index in [1.807, 2.05) is 0 Å². The quantitative estimate of drug-likeness (QED) is 0.197. The lowest BCUT2D eigenvalue weighted by molar-refractivity contribution is -0.142. The van der Waals surface area contributed by atoms with E-state index in [1.54, 1.807) is 0 Å². The van der Waals surface area contributed by atoms with E-state index in [2.05, 4.69) is 20.6 Å². The average Bonchev–Trinajstić information content (AvgIpc) is 3.71. The summed E-state index contributed by atoms with van der Waals surface area (Å²) in [5.41, 5.74) is -0.264. The fraction of sp³-hybridized carbons (Fsp3) is 0.250. The number of benzene rings is 2. The third-order valence-electron chi connectivity index (χ3n) is 6.54. The van der Waals surface area contributed by atoms with Crippen molar-refractivity contribution in [1.29, 1.82) is 0 Å². The number of halogens is 4. The predicted octanol–water partition coefficient (Wildman–Crippen LogP) is 3.18. The fourth-order valence-electron chi connectivity index (χ4n) is 4.60. The number of nitrogens with zero attached hydrogens (tertiary/aromatic N) is 8. The Hall–Kier alpha value is -4.47. The van der Waals surface area contributed by atoms with Crippen molar-refractivity contribution in [2.45, 2.75) is 38.4 Å². The Balaban J connectivity index is 0.998. The van der Waals surface area contributed by atoms with Crippen LogP contribution in [0.5, 0.6) is 0 Å². The molecule has 2 amide bonds.